The average Bonchev–Trinajstić information content (AvgIpc) is 2.96. The summed E-state index contributed by atoms with van der Waals surface area (Å²) < 4.78 is 39.7. The number of benzene rings is 1. The zero-order valence-electron chi connectivity index (χ0n) is 16.7. The number of fused-ring (bicyclic) bond motifs is 1. The first-order valence-electron chi connectivity index (χ1n) is 9.50. The maximum atomic E-state index is 13.6. The monoisotopic (exact) mass is 417 g/mol. The van der Waals surface area contributed by atoms with Gasteiger partial charge in [-0.3, -0.25) is 5.32 Å². The van der Waals surface area contributed by atoms with Crippen LogP contribution in [-0.2, 0) is 4.74 Å². The van der Waals surface area contributed by atoms with Crippen LogP contribution >= 0.6 is 0 Å². The Balaban J connectivity index is 1.75. The molecule has 1 aliphatic rings. The third kappa shape index (κ3) is 4.17. The Morgan fingerprint density at radius 3 is 2.70 bits per heavy atom. The molecule has 8 nitrogen and oxygen atoms in total. The molecule has 0 bridgehead atoms. The van der Waals surface area contributed by atoms with Gasteiger partial charge in [-0.2, -0.15) is 0 Å². The number of halogens is 2. The molecule has 10 heteroatoms. The van der Waals surface area contributed by atoms with E-state index in [0.29, 0.717) is 23.9 Å². The Kier molecular flexibility index (Phi) is 5.00. The zero-order chi connectivity index (χ0) is 21.5. The molecule has 2 aromatic heterocycles. The van der Waals surface area contributed by atoms with Gasteiger partial charge in [0.25, 0.3) is 5.88 Å². The minimum absolute atomic E-state index is 0.0737. The minimum atomic E-state index is -0.900. The highest BCUT2D eigenvalue weighted by Gasteiger charge is 2.34. The van der Waals surface area contributed by atoms with Crippen LogP contribution in [0.2, 0.25) is 0 Å². The molecule has 30 heavy (non-hydrogen) atoms. The summed E-state index contributed by atoms with van der Waals surface area (Å²) in [6.07, 6.45) is 0.261. The topological polar surface area (TPSA) is 91.2 Å². The lowest BCUT2D eigenvalue weighted by molar-refractivity contribution is 0.0635. The summed E-state index contributed by atoms with van der Waals surface area (Å²) in [5.74, 6) is -0.0583. The Bertz CT molecular complexity index is 1090. The molecule has 1 amide bonds. The summed E-state index contributed by atoms with van der Waals surface area (Å²) in [7, 11) is 0. The lowest BCUT2D eigenvalue weighted by Gasteiger charge is -2.29. The summed E-state index contributed by atoms with van der Waals surface area (Å²) in [4.78, 5) is 20.7. The predicted octanol–water partition coefficient (Wildman–Crippen LogP) is 4.78. The van der Waals surface area contributed by atoms with Crippen LogP contribution in [0.3, 0.4) is 0 Å². The minimum Gasteiger partial charge on any atom is -0.444 e. The summed E-state index contributed by atoms with van der Waals surface area (Å²) >= 11 is 0. The van der Waals surface area contributed by atoms with Crippen molar-refractivity contribution in [3.05, 3.63) is 36.4 Å². The number of alkyl halides is 1. The standard InChI is InChI=1S/C20H21F2N5O3/c1-20(2,3)30-19(28)25-16-15-17(24-10-23-16)27(13-7-12(22)8-13)26-18(15)29-14-6-4-5-11(21)9-14/h4-6,9-10,12-13H,7-8H2,1-3H3,(H,23,24,25,28)/t12-,13-. The Hall–Kier alpha value is -3.30. The lowest BCUT2D eigenvalue weighted by Crippen LogP contribution is -2.29. The summed E-state index contributed by atoms with van der Waals surface area (Å²) in [6.45, 7) is 5.22. The van der Waals surface area contributed by atoms with Crippen LogP contribution in [0, 0.1) is 5.82 Å². The molecule has 3 aromatic rings. The first-order valence-corrected chi connectivity index (χ1v) is 9.50. The van der Waals surface area contributed by atoms with Gasteiger partial charge in [-0.1, -0.05) is 6.07 Å². The molecule has 2 heterocycles. The van der Waals surface area contributed by atoms with Gasteiger partial charge in [0.05, 0.1) is 6.04 Å². The summed E-state index contributed by atoms with van der Waals surface area (Å²) in [6, 6.07) is 5.37. The van der Waals surface area contributed by atoms with Crippen molar-refractivity contribution in [2.24, 2.45) is 0 Å². The van der Waals surface area contributed by atoms with E-state index < -0.39 is 23.7 Å². The second kappa shape index (κ2) is 7.51. The molecule has 1 aliphatic carbocycles. The molecule has 4 rings (SSSR count). The van der Waals surface area contributed by atoms with Crippen LogP contribution in [0.25, 0.3) is 11.0 Å². The third-order valence-electron chi connectivity index (χ3n) is 4.49. The van der Waals surface area contributed by atoms with Crippen molar-refractivity contribution in [2.45, 2.75) is 51.4 Å². The number of hydrogen-bond donors (Lipinski definition) is 1. The van der Waals surface area contributed by atoms with Gasteiger partial charge < -0.3 is 9.47 Å². The molecule has 1 N–H and O–H groups in total. The van der Waals surface area contributed by atoms with E-state index >= 15 is 0 Å². The normalized spacial score (nSPS) is 18.7. The predicted molar refractivity (Wildman–Crippen MR) is 105 cm³/mol. The Morgan fingerprint density at radius 2 is 2.03 bits per heavy atom. The SMILES string of the molecule is CC(C)(C)OC(=O)Nc1ncnc2c1c(Oc1cccc(F)c1)nn2[C@H]1C[C@H](F)C1. The molecule has 0 spiro atoms. The van der Waals surface area contributed by atoms with Crippen molar-refractivity contribution in [3.8, 4) is 11.6 Å². The maximum Gasteiger partial charge on any atom is 0.413 e. The number of anilines is 1. The van der Waals surface area contributed by atoms with Gasteiger partial charge in [-0.05, 0) is 32.9 Å². The quantitative estimate of drug-likeness (QED) is 0.657. The molecule has 1 aromatic carbocycles. The molecule has 158 valence electrons. The van der Waals surface area contributed by atoms with Crippen molar-refractivity contribution in [3.63, 3.8) is 0 Å². The van der Waals surface area contributed by atoms with Crippen LogP contribution in [0.15, 0.2) is 30.6 Å². The van der Waals surface area contributed by atoms with E-state index in [1.54, 1.807) is 31.5 Å². The van der Waals surface area contributed by atoms with E-state index in [-0.39, 0.29) is 23.5 Å². The first-order chi connectivity index (χ1) is 14.2. The second-order valence-electron chi connectivity index (χ2n) is 8.08. The zero-order valence-corrected chi connectivity index (χ0v) is 16.7. The highest BCUT2D eigenvalue weighted by molar-refractivity contribution is 5.98. The highest BCUT2D eigenvalue weighted by Crippen LogP contribution is 2.40. The molecule has 0 unspecified atom stereocenters. The molecule has 0 atom stereocenters. The molecule has 1 saturated carbocycles. The number of carbonyl (C=O) groups excluding carboxylic acids is 1. The van der Waals surface area contributed by atoms with Crippen molar-refractivity contribution in [2.75, 3.05) is 5.32 Å². The van der Waals surface area contributed by atoms with Crippen molar-refractivity contribution < 1.29 is 23.0 Å². The van der Waals surface area contributed by atoms with Gasteiger partial charge in [0.15, 0.2) is 11.5 Å². The number of carbonyl (C=O) groups is 1. The van der Waals surface area contributed by atoms with Gasteiger partial charge in [0.1, 0.15) is 35.1 Å². The molecule has 0 aliphatic heterocycles. The number of ether oxygens (including phenoxy) is 2. The molecule has 0 saturated heterocycles. The van der Waals surface area contributed by atoms with E-state index in [4.69, 9.17) is 9.47 Å². The van der Waals surface area contributed by atoms with E-state index in [2.05, 4.69) is 20.4 Å². The largest absolute Gasteiger partial charge is 0.444 e. The third-order valence-corrected chi connectivity index (χ3v) is 4.49. The van der Waals surface area contributed by atoms with Crippen LogP contribution in [0.1, 0.15) is 39.7 Å². The van der Waals surface area contributed by atoms with Gasteiger partial charge in [0, 0.05) is 18.9 Å². The number of amides is 1. The van der Waals surface area contributed by atoms with Crippen LogP contribution < -0.4 is 10.1 Å². The van der Waals surface area contributed by atoms with Crippen LogP contribution in [0.5, 0.6) is 11.6 Å². The highest BCUT2D eigenvalue weighted by atomic mass is 19.1. The Morgan fingerprint density at radius 1 is 1.27 bits per heavy atom. The van der Waals surface area contributed by atoms with Gasteiger partial charge >= 0.3 is 6.09 Å². The number of aromatic nitrogens is 4. The van der Waals surface area contributed by atoms with E-state index in [9.17, 15) is 13.6 Å². The van der Waals surface area contributed by atoms with Crippen LogP contribution in [-0.4, -0.2) is 37.6 Å². The van der Waals surface area contributed by atoms with E-state index in [1.165, 1.54) is 24.5 Å². The fourth-order valence-electron chi connectivity index (χ4n) is 3.13. The number of rotatable bonds is 4. The van der Waals surface area contributed by atoms with Crippen LogP contribution in [0.4, 0.5) is 19.4 Å². The molecule has 1 fully saturated rings. The van der Waals surface area contributed by atoms with Crippen molar-refractivity contribution in [1.82, 2.24) is 19.7 Å². The number of hydrogen-bond acceptors (Lipinski definition) is 6. The van der Waals surface area contributed by atoms with E-state index in [0.717, 1.165) is 0 Å². The molecular formula is C20H21F2N5O3. The van der Waals surface area contributed by atoms with Gasteiger partial charge in [0.2, 0.25) is 0 Å². The smallest absolute Gasteiger partial charge is 0.413 e. The second-order valence-corrected chi connectivity index (χ2v) is 8.08. The number of nitrogens with zero attached hydrogens (tertiary/aromatic N) is 4. The van der Waals surface area contributed by atoms with Crippen molar-refractivity contribution >= 4 is 22.9 Å². The van der Waals surface area contributed by atoms with Crippen molar-refractivity contribution in [1.29, 1.82) is 0 Å². The summed E-state index contributed by atoms with van der Waals surface area (Å²) in [5.41, 5.74) is -0.331. The van der Waals surface area contributed by atoms with Gasteiger partial charge in [-0.15, -0.1) is 5.10 Å². The fourth-order valence-corrected chi connectivity index (χ4v) is 3.13. The number of nitrogens with one attached hydrogen (secondary N) is 1. The molecular weight excluding hydrogens is 396 g/mol. The fraction of sp³-hybridized carbons (Fsp3) is 0.400. The molecule has 0 radical (unpaired) electrons. The van der Waals surface area contributed by atoms with E-state index in [1.807, 2.05) is 0 Å². The average molecular weight is 417 g/mol. The maximum absolute atomic E-state index is 13.6. The Labute approximate surface area is 171 Å². The first kappa shape index (κ1) is 20.0. The summed E-state index contributed by atoms with van der Waals surface area (Å²) in [5, 5.41) is 7.32. The lowest BCUT2D eigenvalue weighted by atomic mass is 9.91. The van der Waals surface area contributed by atoms with Gasteiger partial charge in [-0.25, -0.2) is 28.2 Å².